The molecule has 0 unspecified atom stereocenters. The standard InChI is InChI=1S/C18H22BrNO3/c1-22-15-8-11-5-7-20-17(21)10-13-14(19)4-3-6-18(13,20)12(11)9-16(15)23-2/h8-9,13-14H,3-7,10H2,1-2H3/t13-,14-,18-/m1/s1. The maximum absolute atomic E-state index is 12.7. The van der Waals surface area contributed by atoms with E-state index in [4.69, 9.17) is 9.47 Å². The molecule has 2 aliphatic heterocycles. The van der Waals surface area contributed by atoms with Crippen molar-refractivity contribution in [2.45, 2.75) is 42.5 Å². The monoisotopic (exact) mass is 379 g/mol. The number of benzene rings is 1. The summed E-state index contributed by atoms with van der Waals surface area (Å²) in [4.78, 5) is 15.2. The van der Waals surface area contributed by atoms with Gasteiger partial charge < -0.3 is 14.4 Å². The predicted octanol–water partition coefficient (Wildman–Crippen LogP) is 3.25. The number of rotatable bonds is 2. The van der Waals surface area contributed by atoms with Crippen molar-refractivity contribution in [3.05, 3.63) is 23.3 Å². The summed E-state index contributed by atoms with van der Waals surface area (Å²) in [5.74, 6) is 2.20. The van der Waals surface area contributed by atoms with Gasteiger partial charge in [-0.3, -0.25) is 4.79 Å². The first-order valence-electron chi connectivity index (χ1n) is 8.31. The molecule has 1 saturated carbocycles. The summed E-state index contributed by atoms with van der Waals surface area (Å²) in [5.41, 5.74) is 2.43. The Balaban J connectivity index is 1.92. The van der Waals surface area contributed by atoms with Crippen LogP contribution in [-0.4, -0.2) is 36.4 Å². The van der Waals surface area contributed by atoms with E-state index in [2.05, 4.69) is 33.0 Å². The number of carbonyl (C=O) groups is 1. The van der Waals surface area contributed by atoms with Gasteiger partial charge in [-0.1, -0.05) is 15.9 Å². The fraction of sp³-hybridized carbons (Fsp3) is 0.611. The van der Waals surface area contributed by atoms with E-state index in [1.54, 1.807) is 14.2 Å². The molecule has 1 amide bonds. The van der Waals surface area contributed by atoms with Gasteiger partial charge in [-0.2, -0.15) is 0 Å². The topological polar surface area (TPSA) is 38.8 Å². The SMILES string of the molecule is COc1cc2c(cc1OC)[C@]13CCC[C@@H](Br)[C@H]1CC(=O)N3CC2. The molecule has 2 heterocycles. The van der Waals surface area contributed by atoms with Crippen LogP contribution in [0.1, 0.15) is 36.8 Å². The normalized spacial score (nSPS) is 32.1. The van der Waals surface area contributed by atoms with Gasteiger partial charge in [-0.15, -0.1) is 0 Å². The number of fused-ring (bicyclic) bond motifs is 1. The first-order valence-corrected chi connectivity index (χ1v) is 9.23. The van der Waals surface area contributed by atoms with Crippen molar-refractivity contribution in [2.24, 2.45) is 5.92 Å². The number of methoxy groups -OCH3 is 2. The van der Waals surface area contributed by atoms with Crippen LogP contribution in [0.25, 0.3) is 0 Å². The van der Waals surface area contributed by atoms with Crippen LogP contribution in [0.2, 0.25) is 0 Å². The lowest BCUT2D eigenvalue weighted by molar-refractivity contribution is -0.132. The van der Waals surface area contributed by atoms with E-state index in [1.807, 2.05) is 0 Å². The Bertz CT molecular complexity index is 662. The van der Waals surface area contributed by atoms with Crippen LogP contribution in [0.3, 0.4) is 0 Å². The Labute approximate surface area is 145 Å². The smallest absolute Gasteiger partial charge is 0.223 e. The van der Waals surface area contributed by atoms with Gasteiger partial charge in [0.05, 0.1) is 19.8 Å². The maximum Gasteiger partial charge on any atom is 0.223 e. The van der Waals surface area contributed by atoms with Gasteiger partial charge in [0.15, 0.2) is 11.5 Å². The zero-order valence-electron chi connectivity index (χ0n) is 13.6. The Morgan fingerprint density at radius 3 is 2.74 bits per heavy atom. The van der Waals surface area contributed by atoms with Gasteiger partial charge in [0.25, 0.3) is 0 Å². The molecule has 4 nitrogen and oxygen atoms in total. The van der Waals surface area contributed by atoms with Crippen molar-refractivity contribution in [3.8, 4) is 11.5 Å². The first kappa shape index (κ1) is 15.3. The largest absolute Gasteiger partial charge is 0.493 e. The summed E-state index contributed by atoms with van der Waals surface area (Å²) in [5, 5.41) is 0. The zero-order valence-corrected chi connectivity index (χ0v) is 15.2. The number of nitrogens with zero attached hydrogens (tertiary/aromatic N) is 1. The predicted molar refractivity (Wildman–Crippen MR) is 91.3 cm³/mol. The quantitative estimate of drug-likeness (QED) is 0.740. The molecule has 4 rings (SSSR count). The second-order valence-corrected chi connectivity index (χ2v) is 7.98. The maximum atomic E-state index is 12.7. The van der Waals surface area contributed by atoms with Gasteiger partial charge in [-0.25, -0.2) is 0 Å². The number of carbonyl (C=O) groups excluding carboxylic acids is 1. The van der Waals surface area contributed by atoms with Crippen molar-refractivity contribution >= 4 is 21.8 Å². The highest BCUT2D eigenvalue weighted by Crippen LogP contribution is 2.57. The molecule has 1 aliphatic carbocycles. The second kappa shape index (κ2) is 5.40. The van der Waals surface area contributed by atoms with E-state index in [1.165, 1.54) is 11.1 Å². The summed E-state index contributed by atoms with van der Waals surface area (Å²) in [6.45, 7) is 0.817. The third-order valence-corrected chi connectivity index (χ3v) is 7.04. The van der Waals surface area contributed by atoms with Crippen LogP contribution >= 0.6 is 15.9 Å². The minimum atomic E-state index is -0.156. The summed E-state index contributed by atoms with van der Waals surface area (Å²) in [7, 11) is 3.35. The third kappa shape index (κ3) is 1.98. The number of amides is 1. The highest BCUT2D eigenvalue weighted by molar-refractivity contribution is 9.09. The molecule has 23 heavy (non-hydrogen) atoms. The molecule has 3 atom stereocenters. The van der Waals surface area contributed by atoms with Gasteiger partial charge in [-0.05, 0) is 48.9 Å². The molecule has 1 spiro atoms. The van der Waals surface area contributed by atoms with E-state index >= 15 is 0 Å². The highest BCUT2D eigenvalue weighted by atomic mass is 79.9. The van der Waals surface area contributed by atoms with Gasteiger partial charge >= 0.3 is 0 Å². The average Bonchev–Trinajstić information content (AvgIpc) is 2.88. The second-order valence-electron chi connectivity index (χ2n) is 6.80. The van der Waals surface area contributed by atoms with E-state index in [9.17, 15) is 4.79 Å². The lowest BCUT2D eigenvalue weighted by atomic mass is 9.66. The van der Waals surface area contributed by atoms with Crippen LogP contribution in [0, 0.1) is 5.92 Å². The first-order chi connectivity index (χ1) is 11.1. The third-order valence-electron chi connectivity index (χ3n) is 5.95. The van der Waals surface area contributed by atoms with Crippen LogP contribution in [0.5, 0.6) is 11.5 Å². The summed E-state index contributed by atoms with van der Waals surface area (Å²) < 4.78 is 11.0. The molecule has 1 saturated heterocycles. The van der Waals surface area contributed by atoms with Crippen LogP contribution in [0.15, 0.2) is 12.1 Å². The summed E-state index contributed by atoms with van der Waals surface area (Å²) in [6.07, 6.45) is 4.89. The number of hydrogen-bond acceptors (Lipinski definition) is 3. The molecule has 5 heteroatoms. The minimum absolute atomic E-state index is 0.156. The molecule has 3 aliphatic rings. The number of alkyl halides is 1. The van der Waals surface area contributed by atoms with E-state index in [-0.39, 0.29) is 5.54 Å². The Kier molecular flexibility index (Phi) is 3.59. The Hall–Kier alpha value is -1.23. The molecule has 0 bridgehead atoms. The molecular formula is C18H22BrNO3. The zero-order chi connectivity index (χ0) is 16.2. The lowest BCUT2D eigenvalue weighted by Gasteiger charge is -2.50. The summed E-state index contributed by atoms with van der Waals surface area (Å²) in [6, 6.07) is 4.23. The molecule has 124 valence electrons. The van der Waals surface area contributed by atoms with Gasteiger partial charge in [0, 0.05) is 23.7 Å². The Morgan fingerprint density at radius 1 is 1.26 bits per heavy atom. The van der Waals surface area contributed by atoms with Gasteiger partial charge in [0.1, 0.15) is 0 Å². The van der Waals surface area contributed by atoms with Crippen molar-refractivity contribution < 1.29 is 14.3 Å². The highest BCUT2D eigenvalue weighted by Gasteiger charge is 2.59. The lowest BCUT2D eigenvalue weighted by Crippen LogP contribution is -2.54. The number of ether oxygens (including phenoxy) is 2. The summed E-state index contributed by atoms with van der Waals surface area (Å²) >= 11 is 3.86. The van der Waals surface area contributed by atoms with Crippen molar-refractivity contribution in [2.75, 3.05) is 20.8 Å². The number of halogens is 1. The molecule has 0 aromatic heterocycles. The van der Waals surface area contributed by atoms with Crippen molar-refractivity contribution in [1.29, 1.82) is 0 Å². The fourth-order valence-corrected chi connectivity index (χ4v) is 5.92. The van der Waals surface area contributed by atoms with Crippen LogP contribution in [0.4, 0.5) is 0 Å². The fourth-order valence-electron chi connectivity index (χ4n) is 4.97. The van der Waals surface area contributed by atoms with Gasteiger partial charge in [0.2, 0.25) is 5.91 Å². The molecule has 2 fully saturated rings. The van der Waals surface area contributed by atoms with E-state index in [0.717, 1.165) is 43.7 Å². The molecular weight excluding hydrogens is 358 g/mol. The average molecular weight is 380 g/mol. The van der Waals surface area contributed by atoms with E-state index in [0.29, 0.717) is 23.1 Å². The molecule has 1 aromatic rings. The van der Waals surface area contributed by atoms with Crippen LogP contribution in [-0.2, 0) is 16.8 Å². The molecule has 1 aromatic carbocycles. The van der Waals surface area contributed by atoms with Crippen molar-refractivity contribution in [1.82, 2.24) is 4.90 Å². The molecule has 0 radical (unpaired) electrons. The van der Waals surface area contributed by atoms with Crippen LogP contribution < -0.4 is 9.47 Å². The van der Waals surface area contributed by atoms with E-state index < -0.39 is 0 Å². The Morgan fingerprint density at radius 2 is 2.00 bits per heavy atom. The molecule has 0 N–H and O–H groups in total. The number of hydrogen-bond donors (Lipinski definition) is 0. The van der Waals surface area contributed by atoms with Crippen molar-refractivity contribution in [3.63, 3.8) is 0 Å². The minimum Gasteiger partial charge on any atom is -0.493 e.